The average Bonchev–Trinajstić information content (AvgIpc) is 3.40. The highest BCUT2D eigenvalue weighted by atomic mass is 16.3. The van der Waals surface area contributed by atoms with E-state index < -0.39 is 125 Å². The van der Waals surface area contributed by atoms with Crippen LogP contribution in [0.4, 0.5) is 0 Å². The van der Waals surface area contributed by atoms with Gasteiger partial charge in [-0.15, -0.1) is 0 Å². The van der Waals surface area contributed by atoms with E-state index in [2.05, 4.69) is 31.3 Å². The van der Waals surface area contributed by atoms with Gasteiger partial charge < -0.3 is 71.6 Å². The Morgan fingerprint density at radius 3 is 1.42 bits per heavy atom. The quantitative estimate of drug-likeness (QED) is 0.0237. The molecule has 1 aromatic rings. The van der Waals surface area contributed by atoms with Crippen molar-refractivity contribution in [2.24, 2.45) is 91.5 Å². The average molecular weight is 1140 g/mol. The zero-order valence-electron chi connectivity index (χ0n) is 48.6. The van der Waals surface area contributed by atoms with E-state index in [1.165, 1.54) is 32.9 Å². The first-order chi connectivity index (χ1) is 37.9. The molecule has 0 unspecified atom stereocenters. The number of primary amides is 2. The van der Waals surface area contributed by atoms with Crippen molar-refractivity contribution >= 4 is 70.5 Å². The summed E-state index contributed by atoms with van der Waals surface area (Å²) in [6.45, 7) is 12.3. The van der Waals surface area contributed by atoms with Gasteiger partial charge in [-0.05, 0) is 114 Å². The van der Waals surface area contributed by atoms with Gasteiger partial charge in [-0.2, -0.15) is 0 Å². The maximum Gasteiger partial charge on any atom is 0.226 e. The molecule has 0 aliphatic carbocycles. The molecular weight excluding hydrogens is 1050 g/mol. The number of aliphatic imine (C=N–C) groups is 2. The van der Waals surface area contributed by atoms with E-state index in [1.54, 1.807) is 12.1 Å². The summed E-state index contributed by atoms with van der Waals surface area (Å²) in [7, 11) is 0. The molecule has 10 atom stereocenters. The summed E-state index contributed by atoms with van der Waals surface area (Å²) in [4.78, 5) is 145. The summed E-state index contributed by atoms with van der Waals surface area (Å²) < 4.78 is 0. The number of rotatable bonds is 43. The van der Waals surface area contributed by atoms with Crippen LogP contribution in [0.3, 0.4) is 0 Å². The van der Waals surface area contributed by atoms with Gasteiger partial charge in [0.25, 0.3) is 0 Å². The van der Waals surface area contributed by atoms with Gasteiger partial charge in [0.1, 0.15) is 5.75 Å². The van der Waals surface area contributed by atoms with E-state index in [9.17, 15) is 58.2 Å². The largest absolute Gasteiger partial charge is 0.508 e. The number of hydrogen-bond acceptors (Lipinski definition) is 15. The number of benzene rings is 1. The molecule has 0 bridgehead atoms. The number of unbranched alkanes of at least 4 members (excludes halogenated alkanes) is 1. The zero-order chi connectivity index (χ0) is 61.5. The number of guanidine groups is 2. The Hall–Kier alpha value is -7.02. The van der Waals surface area contributed by atoms with Crippen molar-refractivity contribution in [3.05, 3.63) is 29.8 Å². The number of nitrogens with zero attached hydrogens (tertiary/aromatic N) is 2. The Labute approximate surface area is 476 Å². The third kappa shape index (κ3) is 29.9. The molecule has 81 heavy (non-hydrogen) atoms. The van der Waals surface area contributed by atoms with Crippen LogP contribution in [0, 0.1) is 41.4 Å². The number of nitrogens with one attached hydrogen (secondary N) is 4. The molecule has 6 amide bonds. The summed E-state index contributed by atoms with van der Waals surface area (Å²) in [5.41, 5.74) is 39.5. The van der Waals surface area contributed by atoms with E-state index >= 15 is 0 Å². The van der Waals surface area contributed by atoms with Gasteiger partial charge in [-0.25, -0.2) is 0 Å². The molecule has 0 aromatic heterocycles. The number of aromatic hydroxyl groups is 1. The van der Waals surface area contributed by atoms with Crippen LogP contribution in [0.15, 0.2) is 34.3 Å². The highest BCUT2D eigenvalue weighted by Crippen LogP contribution is 2.24. The van der Waals surface area contributed by atoms with Crippen molar-refractivity contribution < 1.29 is 58.2 Å². The summed E-state index contributed by atoms with van der Waals surface area (Å²) in [6, 6.07) is 1.21. The minimum atomic E-state index is -1.28. The van der Waals surface area contributed by atoms with Crippen LogP contribution in [0.1, 0.15) is 150 Å². The van der Waals surface area contributed by atoms with E-state index in [0.29, 0.717) is 31.4 Å². The molecule has 0 saturated carbocycles. The third-order valence-corrected chi connectivity index (χ3v) is 13.9. The minimum absolute atomic E-state index is 0.00452. The van der Waals surface area contributed by atoms with E-state index in [-0.39, 0.29) is 119 Å². The van der Waals surface area contributed by atoms with Gasteiger partial charge in [0, 0.05) is 68.9 Å². The van der Waals surface area contributed by atoms with Crippen LogP contribution in [0.25, 0.3) is 0 Å². The number of phenols is 1. The number of nitrogens with two attached hydrogens (primary N) is 7. The standard InChI is InChI=1S/C56H95N13O12/c1-31(2)24-39(50(59)77)29-48(75)44(25-32(3)4)69-53(80)37(12-8-9-21-57)27-46(73)43(14-11-23-65-56(62)63)68-54(81)40(26-36-15-18-41(71)19-16-36)30-45(72)34(6)66-52(79)38(17-20-49(58)76)28-47(74)42(13-10-22-64-55(60)61)67-51(78)33(5)35(7)70/h15-16,18-19,31-35,37-40,42-44,70-71H,8-14,17,20-30,57H2,1-7H3,(H2,58,76)(H2,59,77)(H,66,79)(H,67,78)(H,68,81)(H,69,80)(H4,60,61,64)(H4,62,63,65)/t33-,34-,35+,37+,38+,39+,40+,42-,43-,44-/m0/s1. The van der Waals surface area contributed by atoms with Crippen LogP contribution in [-0.4, -0.2) is 131 Å². The summed E-state index contributed by atoms with van der Waals surface area (Å²) in [6.07, 6.45) is -0.948. The van der Waals surface area contributed by atoms with Crippen LogP contribution in [0.5, 0.6) is 5.75 Å². The highest BCUT2D eigenvalue weighted by molar-refractivity contribution is 5.98. The summed E-state index contributed by atoms with van der Waals surface area (Å²) >= 11 is 0. The van der Waals surface area contributed by atoms with E-state index in [1.807, 2.05) is 27.7 Å². The molecule has 0 aliphatic heterocycles. The Bertz CT molecular complexity index is 2280. The number of hydrogen-bond donors (Lipinski definition) is 13. The lowest BCUT2D eigenvalue weighted by Gasteiger charge is -2.27. The van der Waals surface area contributed by atoms with Crippen molar-refractivity contribution in [2.45, 2.75) is 181 Å². The fraction of sp³-hybridized carbons (Fsp3) is 0.679. The van der Waals surface area contributed by atoms with Crippen LogP contribution in [-0.2, 0) is 54.4 Å². The van der Waals surface area contributed by atoms with Crippen LogP contribution in [0.2, 0.25) is 0 Å². The molecule has 0 saturated heterocycles. The van der Waals surface area contributed by atoms with Crippen molar-refractivity contribution in [1.29, 1.82) is 0 Å². The molecule has 25 nitrogen and oxygen atoms in total. The van der Waals surface area contributed by atoms with Crippen LogP contribution < -0.4 is 61.4 Å². The fourth-order valence-corrected chi connectivity index (χ4v) is 9.01. The normalized spacial score (nSPS) is 15.0. The molecular formula is C56H95N13O12. The lowest BCUT2D eigenvalue weighted by molar-refractivity contribution is -0.136. The predicted octanol–water partition coefficient (Wildman–Crippen LogP) is 0.291. The van der Waals surface area contributed by atoms with Crippen molar-refractivity contribution in [1.82, 2.24) is 21.3 Å². The number of Topliss-reactive ketones (excluding diaryl/α,β-unsaturated/α-hetero) is 4. The van der Waals surface area contributed by atoms with Gasteiger partial charge in [-0.1, -0.05) is 53.2 Å². The number of phenolic OH excluding ortho intramolecular Hbond substituents is 1. The second-order valence-corrected chi connectivity index (χ2v) is 22.1. The first-order valence-electron chi connectivity index (χ1n) is 28.1. The van der Waals surface area contributed by atoms with Crippen LogP contribution >= 0.6 is 0 Å². The van der Waals surface area contributed by atoms with Crippen molar-refractivity contribution in [3.8, 4) is 5.75 Å². The first-order valence-corrected chi connectivity index (χ1v) is 28.1. The molecule has 0 spiro atoms. The second-order valence-electron chi connectivity index (χ2n) is 22.1. The fourth-order valence-electron chi connectivity index (χ4n) is 9.01. The Balaban J connectivity index is 3.65. The lowest BCUT2D eigenvalue weighted by atomic mass is 9.87. The monoisotopic (exact) mass is 1140 g/mol. The SMILES string of the molecule is CC(C)C[C@H](CC(=O)[C@H](CC(C)C)NC(=O)[C@H](CCCCN)CC(=O)[C@H](CCCN=C(N)N)NC(=O)[C@@H](CC(=O)[C@H](C)NC(=O)[C@H](CCC(N)=O)CC(=O)[C@H](CCCN=C(N)N)NC(=O)[C@@H](C)[C@@H](C)O)Cc1ccc(O)cc1)C(N)=O. The molecule has 25 heteroatoms. The number of carbonyl (C=O) groups is 10. The third-order valence-electron chi connectivity index (χ3n) is 13.9. The number of ketones is 4. The predicted molar refractivity (Wildman–Crippen MR) is 308 cm³/mol. The maximum absolute atomic E-state index is 14.6. The number of aliphatic hydroxyl groups excluding tert-OH is 1. The summed E-state index contributed by atoms with van der Waals surface area (Å²) in [5, 5.41) is 31.0. The molecule has 456 valence electrons. The minimum Gasteiger partial charge on any atom is -0.508 e. The molecule has 1 rings (SSSR count). The lowest BCUT2D eigenvalue weighted by Crippen LogP contribution is -2.49. The second kappa shape index (κ2) is 37.8. The van der Waals surface area contributed by atoms with Crippen molar-refractivity contribution in [2.75, 3.05) is 19.6 Å². The number of amides is 6. The molecule has 0 fully saturated rings. The Morgan fingerprint density at radius 1 is 0.506 bits per heavy atom. The molecule has 0 aliphatic rings. The van der Waals surface area contributed by atoms with E-state index in [0.717, 1.165) is 0 Å². The molecule has 1 aromatic carbocycles. The van der Waals surface area contributed by atoms with Gasteiger partial charge in [0.15, 0.2) is 35.1 Å². The van der Waals surface area contributed by atoms with Gasteiger partial charge in [0.05, 0.1) is 36.2 Å². The number of carbonyl (C=O) groups excluding carboxylic acids is 10. The topological polar surface area (TPSA) is 466 Å². The van der Waals surface area contributed by atoms with Gasteiger partial charge in [0.2, 0.25) is 35.4 Å². The van der Waals surface area contributed by atoms with Crippen molar-refractivity contribution in [3.63, 3.8) is 0 Å². The molecule has 0 heterocycles. The highest BCUT2D eigenvalue weighted by Gasteiger charge is 2.35. The molecule has 20 N–H and O–H groups in total. The summed E-state index contributed by atoms with van der Waals surface area (Å²) in [5.74, 6) is -11.8. The van der Waals surface area contributed by atoms with Gasteiger partial charge in [-0.3, -0.25) is 57.9 Å². The zero-order valence-corrected chi connectivity index (χ0v) is 48.6. The van der Waals surface area contributed by atoms with E-state index in [4.69, 9.17) is 40.1 Å². The Kier molecular flexibility index (Phi) is 33.6. The maximum atomic E-state index is 14.6. The van der Waals surface area contributed by atoms with Gasteiger partial charge >= 0.3 is 0 Å². The smallest absolute Gasteiger partial charge is 0.226 e. The molecule has 0 radical (unpaired) electrons. The number of aliphatic hydroxyl groups is 1. The Morgan fingerprint density at radius 2 is 0.951 bits per heavy atom. The first kappa shape index (κ1) is 72.0.